The number of hydrogen-bond acceptors (Lipinski definition) is 5. The molecule has 0 spiro atoms. The van der Waals surface area contributed by atoms with Gasteiger partial charge in [0, 0.05) is 6.54 Å². The number of halogens is 1. The number of carbonyl (C=O) groups excluding carboxylic acids is 1. The maximum absolute atomic E-state index is 13.7. The van der Waals surface area contributed by atoms with E-state index in [4.69, 9.17) is 21.1 Å². The van der Waals surface area contributed by atoms with Gasteiger partial charge in [0.15, 0.2) is 26.1 Å². The lowest BCUT2D eigenvalue weighted by Gasteiger charge is -2.28. The number of hydrogen-bond donors (Lipinski definition) is 1. The third-order valence-electron chi connectivity index (χ3n) is 6.33. The predicted octanol–water partition coefficient (Wildman–Crippen LogP) is 4.17. The van der Waals surface area contributed by atoms with Crippen molar-refractivity contribution < 1.29 is 22.7 Å². The van der Waals surface area contributed by atoms with Gasteiger partial charge in [-0.2, -0.15) is 0 Å². The molecule has 0 radical (unpaired) electrons. The fraction of sp³-hybridized carbons (Fsp3) is 0.458. The molecule has 1 aliphatic heterocycles. The van der Waals surface area contributed by atoms with Crippen LogP contribution in [0.25, 0.3) is 0 Å². The smallest absolute Gasteiger partial charge is 0.241 e. The lowest BCUT2D eigenvalue weighted by molar-refractivity contribution is -0.123. The van der Waals surface area contributed by atoms with Crippen LogP contribution in [-0.2, 0) is 21.1 Å². The summed E-state index contributed by atoms with van der Waals surface area (Å²) in [5.41, 5.74) is 2.41. The van der Waals surface area contributed by atoms with E-state index < -0.39 is 20.5 Å². The van der Waals surface area contributed by atoms with E-state index in [1.165, 1.54) is 0 Å². The Kier molecular flexibility index (Phi) is 6.41. The van der Waals surface area contributed by atoms with Crippen LogP contribution in [0.5, 0.6) is 11.5 Å². The fourth-order valence-electron chi connectivity index (χ4n) is 4.56. The van der Waals surface area contributed by atoms with Gasteiger partial charge in [-0.15, -0.1) is 0 Å². The van der Waals surface area contributed by atoms with Crippen LogP contribution < -0.4 is 14.8 Å². The molecule has 172 valence electrons. The third-order valence-corrected chi connectivity index (χ3v) is 9.25. The van der Waals surface area contributed by atoms with Gasteiger partial charge in [-0.1, -0.05) is 36.6 Å². The second kappa shape index (κ2) is 8.94. The number of nitrogens with one attached hydrogen (secondary N) is 1. The molecule has 0 atom stereocenters. The molecule has 8 heteroatoms. The van der Waals surface area contributed by atoms with Crippen molar-refractivity contribution in [3.8, 4) is 11.5 Å². The van der Waals surface area contributed by atoms with Crippen LogP contribution >= 0.6 is 11.6 Å². The molecule has 1 aliphatic carbocycles. The summed E-state index contributed by atoms with van der Waals surface area (Å²) < 4.78 is 37.1. The third kappa shape index (κ3) is 4.08. The molecule has 0 aromatic heterocycles. The van der Waals surface area contributed by atoms with Crippen molar-refractivity contribution >= 4 is 27.3 Å². The van der Waals surface area contributed by atoms with Gasteiger partial charge in [-0.25, -0.2) is 8.42 Å². The second-order valence-electron chi connectivity index (χ2n) is 8.58. The average molecular weight is 478 g/mol. The molecule has 6 nitrogen and oxygen atoms in total. The Morgan fingerprint density at radius 1 is 1.09 bits per heavy atom. The van der Waals surface area contributed by atoms with Gasteiger partial charge in [0.1, 0.15) is 13.2 Å². The lowest BCUT2D eigenvalue weighted by Crippen LogP contribution is -2.51. The summed E-state index contributed by atoms with van der Waals surface area (Å²) in [6.07, 6.45) is 2.61. The first-order valence-corrected chi connectivity index (χ1v) is 12.8. The molecule has 2 aromatic carbocycles. The van der Waals surface area contributed by atoms with Gasteiger partial charge in [0.2, 0.25) is 5.91 Å². The summed E-state index contributed by atoms with van der Waals surface area (Å²) in [7, 11) is -3.84. The first-order chi connectivity index (χ1) is 15.2. The summed E-state index contributed by atoms with van der Waals surface area (Å²) >= 11 is 6.30. The van der Waals surface area contributed by atoms with Gasteiger partial charge < -0.3 is 14.8 Å². The second-order valence-corrected chi connectivity index (χ2v) is 11.2. The van der Waals surface area contributed by atoms with E-state index in [0.717, 1.165) is 24.0 Å². The van der Waals surface area contributed by atoms with E-state index in [0.29, 0.717) is 61.1 Å². The minimum Gasteiger partial charge on any atom is -0.486 e. The fourth-order valence-corrected chi connectivity index (χ4v) is 7.25. The van der Waals surface area contributed by atoms with Crippen molar-refractivity contribution in [2.45, 2.75) is 55.6 Å². The van der Waals surface area contributed by atoms with Crippen LogP contribution in [0.1, 0.15) is 42.4 Å². The molecule has 1 amide bonds. The van der Waals surface area contributed by atoms with Crippen molar-refractivity contribution in [1.82, 2.24) is 5.32 Å². The Labute approximate surface area is 194 Å². The molecule has 2 aromatic rings. The molecule has 0 unspecified atom stereocenters. The van der Waals surface area contributed by atoms with E-state index in [1.54, 1.807) is 25.1 Å². The Morgan fingerprint density at radius 3 is 2.56 bits per heavy atom. The van der Waals surface area contributed by atoms with Gasteiger partial charge in [-0.3, -0.25) is 4.79 Å². The highest BCUT2D eigenvalue weighted by atomic mass is 35.5. The lowest BCUT2D eigenvalue weighted by atomic mass is 10.1. The SMILES string of the molecule is Cc1ccc(C)c(S(=O)(=O)C2(C(=O)NCCc3cc(Cl)c4c(c3)OCCO4)CCCC2)c1. The summed E-state index contributed by atoms with van der Waals surface area (Å²) in [5, 5.41) is 3.36. The zero-order valence-electron chi connectivity index (χ0n) is 18.4. The van der Waals surface area contributed by atoms with Crippen LogP contribution in [-0.4, -0.2) is 38.8 Å². The topological polar surface area (TPSA) is 81.7 Å². The first kappa shape index (κ1) is 22.9. The molecule has 1 saturated carbocycles. The monoisotopic (exact) mass is 477 g/mol. The van der Waals surface area contributed by atoms with Gasteiger partial charge in [0.25, 0.3) is 0 Å². The van der Waals surface area contributed by atoms with E-state index >= 15 is 0 Å². The molecule has 4 rings (SSSR count). The number of rotatable bonds is 6. The first-order valence-electron chi connectivity index (χ1n) is 10.9. The Balaban J connectivity index is 1.52. The maximum atomic E-state index is 13.7. The van der Waals surface area contributed by atoms with Gasteiger partial charge in [0.05, 0.1) is 9.92 Å². The number of ether oxygens (including phenoxy) is 2. The molecule has 1 heterocycles. The number of carbonyl (C=O) groups is 1. The molecule has 1 N–H and O–H groups in total. The summed E-state index contributed by atoms with van der Waals surface area (Å²) in [6.45, 7) is 4.86. The standard InChI is InChI=1S/C24H28ClNO5S/c1-16-5-6-17(2)21(13-16)32(28,29)24(8-3-4-9-24)23(27)26-10-7-18-14-19(25)22-20(15-18)30-11-12-31-22/h5-6,13-15H,3-4,7-12H2,1-2H3,(H,26,27). The molecular formula is C24H28ClNO5S. The summed E-state index contributed by atoms with van der Waals surface area (Å²) in [4.78, 5) is 13.6. The molecule has 0 saturated heterocycles. The van der Waals surface area contributed by atoms with E-state index in [9.17, 15) is 13.2 Å². The normalized spacial score (nSPS) is 17.2. The van der Waals surface area contributed by atoms with E-state index in [1.807, 2.05) is 19.1 Å². The minimum atomic E-state index is -3.84. The van der Waals surface area contributed by atoms with Crippen LogP contribution in [0.4, 0.5) is 0 Å². The average Bonchev–Trinajstić information content (AvgIpc) is 3.27. The number of sulfone groups is 1. The largest absolute Gasteiger partial charge is 0.486 e. The van der Waals surface area contributed by atoms with Crippen molar-refractivity contribution in [3.05, 3.63) is 52.0 Å². The van der Waals surface area contributed by atoms with Crippen LogP contribution in [0.2, 0.25) is 5.02 Å². The highest BCUT2D eigenvalue weighted by Gasteiger charge is 2.53. The van der Waals surface area contributed by atoms with Crippen molar-refractivity contribution in [2.75, 3.05) is 19.8 Å². The summed E-state index contributed by atoms with van der Waals surface area (Å²) in [6, 6.07) is 9.00. The Hall–Kier alpha value is -2.25. The molecule has 0 bridgehead atoms. The zero-order chi connectivity index (χ0) is 22.9. The van der Waals surface area contributed by atoms with Gasteiger partial charge >= 0.3 is 0 Å². The van der Waals surface area contributed by atoms with E-state index in [2.05, 4.69) is 5.32 Å². The van der Waals surface area contributed by atoms with Crippen LogP contribution in [0.15, 0.2) is 35.2 Å². The van der Waals surface area contributed by atoms with Crippen LogP contribution in [0.3, 0.4) is 0 Å². The Bertz CT molecular complexity index is 1140. The highest BCUT2D eigenvalue weighted by Crippen LogP contribution is 2.42. The Morgan fingerprint density at radius 2 is 1.81 bits per heavy atom. The highest BCUT2D eigenvalue weighted by molar-refractivity contribution is 7.93. The number of amides is 1. The molecule has 1 fully saturated rings. The van der Waals surface area contributed by atoms with Crippen molar-refractivity contribution in [2.24, 2.45) is 0 Å². The molecule has 2 aliphatic rings. The molecule has 32 heavy (non-hydrogen) atoms. The summed E-state index contributed by atoms with van der Waals surface area (Å²) in [5.74, 6) is 0.713. The number of benzene rings is 2. The number of aryl methyl sites for hydroxylation is 2. The van der Waals surface area contributed by atoms with Crippen molar-refractivity contribution in [1.29, 1.82) is 0 Å². The van der Waals surface area contributed by atoms with Gasteiger partial charge in [-0.05, 0) is 68.0 Å². The quantitative estimate of drug-likeness (QED) is 0.675. The predicted molar refractivity (Wildman–Crippen MR) is 123 cm³/mol. The van der Waals surface area contributed by atoms with Crippen molar-refractivity contribution in [3.63, 3.8) is 0 Å². The maximum Gasteiger partial charge on any atom is 0.241 e. The number of fused-ring (bicyclic) bond motifs is 1. The molecular weight excluding hydrogens is 450 g/mol. The zero-order valence-corrected chi connectivity index (χ0v) is 19.9. The minimum absolute atomic E-state index is 0.258. The van der Waals surface area contributed by atoms with Crippen LogP contribution in [0, 0.1) is 13.8 Å². The van der Waals surface area contributed by atoms with E-state index in [-0.39, 0.29) is 4.90 Å².